The number of para-hydroxylation sites is 2. The minimum Gasteiger partial charge on any atom is -0.507 e. The summed E-state index contributed by atoms with van der Waals surface area (Å²) in [5.74, 6) is 2.99. The number of ether oxygens (including phenoxy) is 1. The molecular weight excluding hydrogens is 777 g/mol. The van der Waals surface area contributed by atoms with Crippen LogP contribution in [0.3, 0.4) is 0 Å². The number of hydrogen-bond acceptors (Lipinski definition) is 15. The number of carbonyl (C=O) groups excluding carboxylic acids is 3. The summed E-state index contributed by atoms with van der Waals surface area (Å²) in [4.78, 5) is 61.2. The summed E-state index contributed by atoms with van der Waals surface area (Å²) >= 11 is 0. The van der Waals surface area contributed by atoms with E-state index in [-0.39, 0.29) is 41.6 Å². The van der Waals surface area contributed by atoms with Gasteiger partial charge in [0.25, 0.3) is 0 Å². The van der Waals surface area contributed by atoms with Gasteiger partial charge in [-0.15, -0.1) is 10.2 Å². The van der Waals surface area contributed by atoms with E-state index in [1.165, 1.54) is 0 Å². The van der Waals surface area contributed by atoms with Gasteiger partial charge in [-0.05, 0) is 87.0 Å². The molecule has 0 radical (unpaired) electrons. The van der Waals surface area contributed by atoms with Crippen molar-refractivity contribution < 1.29 is 24.2 Å². The predicted molar refractivity (Wildman–Crippen MR) is 230 cm³/mol. The number of nitrogens with zero attached hydrogens (tertiary/aromatic N) is 10. The number of nitrogens with two attached hydrogens (primary N) is 1. The quantitative estimate of drug-likeness (QED) is 0.220. The van der Waals surface area contributed by atoms with Gasteiger partial charge >= 0.3 is 0 Å². The number of hydrogen-bond donors (Lipinski definition) is 3. The molecule has 5 saturated heterocycles. The molecule has 17 nitrogen and oxygen atoms in total. The van der Waals surface area contributed by atoms with Crippen LogP contribution in [0.1, 0.15) is 50.0 Å². The second-order valence-electron chi connectivity index (χ2n) is 17.1. The molecule has 318 valence electrons. The number of nitrogens with one attached hydrogen (secondary N) is 1. The van der Waals surface area contributed by atoms with E-state index in [1.807, 2.05) is 47.5 Å². The molecule has 3 atom stereocenters. The first kappa shape index (κ1) is 38.9. The van der Waals surface area contributed by atoms with E-state index >= 15 is 0 Å². The number of anilines is 5. The number of piperazine rings is 2. The van der Waals surface area contributed by atoms with Gasteiger partial charge in [-0.2, -0.15) is 4.98 Å². The Morgan fingerprint density at radius 2 is 1.64 bits per heavy atom. The lowest BCUT2D eigenvalue weighted by atomic mass is 9.87. The maximum atomic E-state index is 13.6. The first-order chi connectivity index (χ1) is 29.8. The van der Waals surface area contributed by atoms with Crippen molar-refractivity contribution in [2.24, 2.45) is 0 Å². The number of aromatic nitrogens is 4. The zero-order valence-electron chi connectivity index (χ0n) is 34.2. The van der Waals surface area contributed by atoms with Crippen molar-refractivity contribution in [1.82, 2.24) is 35.3 Å². The van der Waals surface area contributed by atoms with E-state index in [1.54, 1.807) is 12.1 Å². The maximum absolute atomic E-state index is 13.6. The molecule has 10 rings (SSSR count). The van der Waals surface area contributed by atoms with Crippen molar-refractivity contribution in [2.45, 2.75) is 62.6 Å². The standard InChI is InChI=1S/C44H52N12O5/c45-42-36(24-33(49-50-42)32-4-1-2-7-37(32)57)54-25-29-8-9-30(26-54)56(29)44-46-15-12-38(47-44)52-18-20-53(21-19-52)40(59)27-51-16-13-28(14-17-51)31-5-3-6-34-41(31)61-23-22-55(34)35-10-11-39(58)48-43(35)60/h1-7,12,15,24,28-30,35,57H,8-11,13-14,16-23,25-27H2,(H2,45,50)(H,48,58,60)/t29-,30+,35-/m1/s1. The van der Waals surface area contributed by atoms with E-state index < -0.39 is 0 Å². The van der Waals surface area contributed by atoms with Crippen LogP contribution in [-0.2, 0) is 14.4 Å². The molecule has 6 aliphatic rings. The Bertz CT molecular complexity index is 2300. The molecule has 2 aromatic carbocycles. The number of aromatic hydroxyl groups is 1. The average Bonchev–Trinajstić information content (AvgIpc) is 3.55. The summed E-state index contributed by atoms with van der Waals surface area (Å²) in [6.07, 6.45) is 6.57. The molecule has 2 aromatic heterocycles. The number of piperidine rings is 2. The molecule has 4 N–H and O–H groups in total. The Balaban J connectivity index is 0.723. The summed E-state index contributed by atoms with van der Waals surface area (Å²) in [6.45, 7) is 7.31. The van der Waals surface area contributed by atoms with Gasteiger partial charge in [-0.3, -0.25) is 24.6 Å². The highest BCUT2D eigenvalue weighted by atomic mass is 16.5. The van der Waals surface area contributed by atoms with Crippen LogP contribution in [0.25, 0.3) is 11.3 Å². The van der Waals surface area contributed by atoms with E-state index in [0.717, 1.165) is 86.3 Å². The molecule has 0 saturated carbocycles. The van der Waals surface area contributed by atoms with Crippen molar-refractivity contribution in [1.29, 1.82) is 0 Å². The number of phenols is 1. The zero-order valence-corrected chi connectivity index (χ0v) is 34.2. The van der Waals surface area contributed by atoms with Crippen molar-refractivity contribution in [3.63, 3.8) is 0 Å². The number of phenolic OH excluding ortho intramolecular Hbond substituents is 1. The maximum Gasteiger partial charge on any atom is 0.249 e. The van der Waals surface area contributed by atoms with Gasteiger partial charge in [0.2, 0.25) is 23.7 Å². The molecule has 3 amide bonds. The Kier molecular flexibility index (Phi) is 10.4. The lowest BCUT2D eigenvalue weighted by molar-refractivity contribution is -0.134. The second kappa shape index (κ2) is 16.3. The lowest BCUT2D eigenvalue weighted by Crippen LogP contribution is -2.55. The van der Waals surface area contributed by atoms with Crippen molar-refractivity contribution in [3.05, 3.63) is 66.4 Å². The molecule has 17 heteroatoms. The molecule has 4 aromatic rings. The van der Waals surface area contributed by atoms with Crippen LogP contribution in [0.5, 0.6) is 11.5 Å². The molecule has 6 aliphatic heterocycles. The van der Waals surface area contributed by atoms with Crippen molar-refractivity contribution in [2.75, 3.05) is 97.4 Å². The van der Waals surface area contributed by atoms with Crippen LogP contribution in [0.15, 0.2) is 60.8 Å². The minimum atomic E-state index is -0.377. The number of rotatable bonds is 8. The van der Waals surface area contributed by atoms with Crippen LogP contribution in [-0.4, -0.2) is 143 Å². The third-order valence-corrected chi connectivity index (χ3v) is 13.5. The van der Waals surface area contributed by atoms with Crippen molar-refractivity contribution >= 4 is 46.7 Å². The molecule has 61 heavy (non-hydrogen) atoms. The van der Waals surface area contributed by atoms with Crippen molar-refractivity contribution in [3.8, 4) is 22.8 Å². The van der Waals surface area contributed by atoms with Crippen LogP contribution >= 0.6 is 0 Å². The first-order valence-electron chi connectivity index (χ1n) is 21.7. The van der Waals surface area contributed by atoms with E-state index in [2.05, 4.69) is 46.1 Å². The van der Waals surface area contributed by atoms with Crippen LogP contribution in [0, 0.1) is 0 Å². The Morgan fingerprint density at radius 1 is 0.852 bits per heavy atom. The van der Waals surface area contributed by atoms with Gasteiger partial charge in [0.05, 0.1) is 30.2 Å². The fourth-order valence-electron chi connectivity index (χ4n) is 10.3. The molecular formula is C44H52N12O5. The van der Waals surface area contributed by atoms with E-state index in [4.69, 9.17) is 20.4 Å². The van der Waals surface area contributed by atoms with E-state index in [9.17, 15) is 19.5 Å². The number of fused-ring (bicyclic) bond motifs is 3. The van der Waals surface area contributed by atoms with Crippen LogP contribution < -0.4 is 35.4 Å². The van der Waals surface area contributed by atoms with Crippen LogP contribution in [0.4, 0.5) is 29.0 Å². The van der Waals surface area contributed by atoms with Crippen LogP contribution in [0.2, 0.25) is 0 Å². The highest BCUT2D eigenvalue weighted by Crippen LogP contribution is 2.43. The van der Waals surface area contributed by atoms with Gasteiger partial charge in [-0.1, -0.05) is 24.3 Å². The lowest BCUT2D eigenvalue weighted by Gasteiger charge is -2.42. The number of benzene rings is 2. The average molecular weight is 829 g/mol. The summed E-state index contributed by atoms with van der Waals surface area (Å²) in [7, 11) is 0. The predicted octanol–water partition coefficient (Wildman–Crippen LogP) is 2.61. The molecule has 8 heterocycles. The summed E-state index contributed by atoms with van der Waals surface area (Å²) in [6, 6.07) is 17.2. The summed E-state index contributed by atoms with van der Waals surface area (Å²) < 4.78 is 6.24. The third-order valence-electron chi connectivity index (χ3n) is 13.5. The highest BCUT2D eigenvalue weighted by Gasteiger charge is 2.42. The summed E-state index contributed by atoms with van der Waals surface area (Å²) in [5.41, 5.74) is 10.5. The SMILES string of the molecule is Nc1nnc(-c2ccccc2O)cc1N1C[C@H]2CC[C@@H](C1)N2c1nccc(N2CCN(C(=O)CN3CCC(c4cccc5c4OCCN5[C@@H]4CCC(=O)NC4=O)CC3)CC2)n1. The topological polar surface area (TPSA) is 190 Å². The first-order valence-corrected chi connectivity index (χ1v) is 21.7. The fraction of sp³-hybridized carbons (Fsp3) is 0.477. The molecule has 5 fully saturated rings. The smallest absolute Gasteiger partial charge is 0.249 e. The van der Waals surface area contributed by atoms with Gasteiger partial charge in [0, 0.05) is 69.5 Å². The largest absolute Gasteiger partial charge is 0.507 e. The fourth-order valence-corrected chi connectivity index (χ4v) is 10.3. The van der Waals surface area contributed by atoms with Gasteiger partial charge in [-0.25, -0.2) is 4.98 Å². The molecule has 0 aliphatic carbocycles. The summed E-state index contributed by atoms with van der Waals surface area (Å²) in [5, 5.41) is 21.5. The normalized spacial score (nSPS) is 23.5. The molecule has 2 bridgehead atoms. The van der Waals surface area contributed by atoms with Gasteiger partial charge in [0.1, 0.15) is 30.0 Å². The number of carbonyl (C=O) groups is 3. The monoisotopic (exact) mass is 828 g/mol. The Labute approximate surface area is 354 Å². The number of nitrogen functional groups attached to an aromatic ring is 1. The third kappa shape index (κ3) is 7.59. The molecule has 0 unspecified atom stereocenters. The van der Waals surface area contributed by atoms with E-state index in [0.29, 0.717) is 81.7 Å². The number of likely N-dealkylation sites (tertiary alicyclic amines) is 1. The number of amides is 3. The second-order valence-corrected chi connectivity index (χ2v) is 17.1. The zero-order chi connectivity index (χ0) is 41.6. The Hall–Kier alpha value is -6.23. The van der Waals surface area contributed by atoms with Gasteiger partial charge in [0.15, 0.2) is 5.82 Å². The molecule has 0 spiro atoms. The highest BCUT2D eigenvalue weighted by molar-refractivity contribution is 6.02. The Morgan fingerprint density at radius 3 is 2.41 bits per heavy atom. The number of imide groups is 1. The minimum absolute atomic E-state index is 0.150. The van der Waals surface area contributed by atoms with Gasteiger partial charge < -0.3 is 40.1 Å².